The Morgan fingerprint density at radius 1 is 1.71 bits per heavy atom. The Bertz CT molecular complexity index is 410. The highest BCUT2D eigenvalue weighted by atomic mass is 35.5. The maximum Gasteiger partial charge on any atom is 0.252 e. The average Bonchev–Trinajstić information content (AvgIpc) is 2.73. The molecule has 0 aliphatic carbocycles. The Hall–Kier alpha value is -1.13. The number of amides is 1. The molecule has 0 bridgehead atoms. The molecule has 0 saturated carbocycles. The zero-order chi connectivity index (χ0) is 12.3. The van der Waals surface area contributed by atoms with Gasteiger partial charge in [-0.15, -0.1) is 0 Å². The van der Waals surface area contributed by atoms with E-state index in [1.165, 1.54) is 6.20 Å². The molecule has 17 heavy (non-hydrogen) atoms. The molecule has 2 rings (SSSR count). The van der Waals surface area contributed by atoms with Gasteiger partial charge in [0.05, 0.1) is 10.6 Å². The van der Waals surface area contributed by atoms with Crippen molar-refractivity contribution in [3.05, 3.63) is 29.0 Å². The lowest BCUT2D eigenvalue weighted by atomic mass is 10.1. The number of halogens is 1. The van der Waals surface area contributed by atoms with Crippen molar-refractivity contribution in [1.29, 1.82) is 0 Å². The number of nitrogens with one attached hydrogen (secondary N) is 1. The highest BCUT2D eigenvalue weighted by Gasteiger charge is 2.20. The van der Waals surface area contributed by atoms with E-state index in [4.69, 9.17) is 11.6 Å². The maximum atomic E-state index is 11.9. The normalized spacial score (nSPS) is 20.5. The summed E-state index contributed by atoms with van der Waals surface area (Å²) in [6.45, 7) is 2.86. The van der Waals surface area contributed by atoms with Crippen molar-refractivity contribution in [3.8, 4) is 0 Å². The monoisotopic (exact) mass is 253 g/mol. The first-order valence-electron chi connectivity index (χ1n) is 5.73. The summed E-state index contributed by atoms with van der Waals surface area (Å²) in [4.78, 5) is 18.0. The lowest BCUT2D eigenvalue weighted by molar-refractivity contribution is 0.0947. The van der Waals surface area contributed by atoms with Crippen LogP contribution in [0.2, 0.25) is 5.02 Å². The smallest absolute Gasteiger partial charge is 0.252 e. The first-order valence-corrected chi connectivity index (χ1v) is 6.11. The number of aromatic nitrogens is 1. The molecule has 1 aromatic heterocycles. The van der Waals surface area contributed by atoms with Gasteiger partial charge in [0, 0.05) is 25.5 Å². The Kier molecular flexibility index (Phi) is 3.97. The van der Waals surface area contributed by atoms with Crippen molar-refractivity contribution >= 4 is 17.5 Å². The van der Waals surface area contributed by atoms with Gasteiger partial charge in [0.25, 0.3) is 5.91 Å². The van der Waals surface area contributed by atoms with Crippen LogP contribution in [-0.4, -0.2) is 42.5 Å². The quantitative estimate of drug-likeness (QED) is 0.886. The zero-order valence-electron chi connectivity index (χ0n) is 9.82. The van der Waals surface area contributed by atoms with Gasteiger partial charge < -0.3 is 10.2 Å². The predicted octanol–water partition coefficient (Wildman–Crippen LogP) is 1.42. The summed E-state index contributed by atoms with van der Waals surface area (Å²) in [5.41, 5.74) is 0.494. The molecule has 1 fully saturated rings. The van der Waals surface area contributed by atoms with Crippen LogP contribution in [0.5, 0.6) is 0 Å². The minimum Gasteiger partial charge on any atom is -0.352 e. The molecule has 1 unspecified atom stereocenters. The van der Waals surface area contributed by atoms with Crippen LogP contribution >= 0.6 is 11.6 Å². The molecule has 5 heteroatoms. The van der Waals surface area contributed by atoms with Crippen molar-refractivity contribution in [2.75, 3.05) is 26.7 Å². The first kappa shape index (κ1) is 12.3. The van der Waals surface area contributed by atoms with Crippen molar-refractivity contribution in [3.63, 3.8) is 0 Å². The summed E-state index contributed by atoms with van der Waals surface area (Å²) in [6, 6.07) is 1.64. The van der Waals surface area contributed by atoms with Gasteiger partial charge in [-0.3, -0.25) is 9.78 Å². The third-order valence-corrected chi connectivity index (χ3v) is 3.36. The summed E-state index contributed by atoms with van der Waals surface area (Å²) in [5, 5.41) is 3.32. The van der Waals surface area contributed by atoms with Crippen LogP contribution in [-0.2, 0) is 0 Å². The van der Waals surface area contributed by atoms with Gasteiger partial charge in [-0.05, 0) is 32.0 Å². The van der Waals surface area contributed by atoms with Gasteiger partial charge in [-0.25, -0.2) is 0 Å². The number of carbonyl (C=O) groups is 1. The molecule has 0 spiro atoms. The van der Waals surface area contributed by atoms with Crippen LogP contribution in [0, 0.1) is 5.92 Å². The fourth-order valence-corrected chi connectivity index (χ4v) is 2.29. The van der Waals surface area contributed by atoms with E-state index < -0.39 is 0 Å². The molecule has 0 radical (unpaired) electrons. The molecule has 1 amide bonds. The van der Waals surface area contributed by atoms with Gasteiger partial charge in [0.2, 0.25) is 0 Å². The Labute approximate surface area is 106 Å². The molecule has 4 nitrogen and oxygen atoms in total. The summed E-state index contributed by atoms with van der Waals surface area (Å²) in [7, 11) is 2.10. The van der Waals surface area contributed by atoms with E-state index in [1.807, 2.05) is 0 Å². The Morgan fingerprint density at radius 3 is 3.18 bits per heavy atom. The van der Waals surface area contributed by atoms with Crippen LogP contribution < -0.4 is 5.32 Å². The average molecular weight is 254 g/mol. The molecule has 0 aromatic carbocycles. The van der Waals surface area contributed by atoms with Crippen LogP contribution in [0.3, 0.4) is 0 Å². The lowest BCUT2D eigenvalue weighted by Gasteiger charge is -2.12. The van der Waals surface area contributed by atoms with Crippen molar-refractivity contribution in [2.24, 2.45) is 5.92 Å². The van der Waals surface area contributed by atoms with Crippen LogP contribution in [0.4, 0.5) is 0 Å². The highest BCUT2D eigenvalue weighted by Crippen LogP contribution is 2.15. The molecule has 1 atom stereocenters. The zero-order valence-corrected chi connectivity index (χ0v) is 10.6. The lowest BCUT2D eigenvalue weighted by Crippen LogP contribution is -2.30. The van der Waals surface area contributed by atoms with Crippen molar-refractivity contribution < 1.29 is 4.79 Å². The number of carbonyl (C=O) groups excluding carboxylic acids is 1. The number of hydrogen-bond donors (Lipinski definition) is 1. The molecule has 1 aliphatic rings. The van der Waals surface area contributed by atoms with E-state index in [-0.39, 0.29) is 5.91 Å². The standard InChI is InChI=1S/C12H16ClN3O/c1-16-5-3-9(8-16)6-15-12(17)10-2-4-14-7-11(10)13/h2,4,7,9H,3,5-6,8H2,1H3,(H,15,17). The van der Waals surface area contributed by atoms with Gasteiger partial charge in [0.15, 0.2) is 0 Å². The third kappa shape index (κ3) is 3.17. The summed E-state index contributed by atoms with van der Waals surface area (Å²) in [6.07, 6.45) is 4.20. The first-order chi connectivity index (χ1) is 8.16. The summed E-state index contributed by atoms with van der Waals surface area (Å²) >= 11 is 5.91. The SMILES string of the molecule is CN1CCC(CNC(=O)c2ccncc2Cl)C1. The predicted molar refractivity (Wildman–Crippen MR) is 67.2 cm³/mol. The third-order valence-electron chi connectivity index (χ3n) is 3.06. The van der Waals surface area contributed by atoms with Gasteiger partial charge in [-0.1, -0.05) is 11.6 Å². The molecule has 1 aromatic rings. The number of pyridine rings is 1. The van der Waals surface area contributed by atoms with Gasteiger partial charge in [0.1, 0.15) is 0 Å². The molecule has 1 N–H and O–H groups in total. The van der Waals surface area contributed by atoms with Crippen molar-refractivity contribution in [1.82, 2.24) is 15.2 Å². The Balaban J connectivity index is 1.88. The van der Waals surface area contributed by atoms with Crippen LogP contribution in [0.15, 0.2) is 18.5 Å². The molecule has 1 saturated heterocycles. The topological polar surface area (TPSA) is 45.2 Å². The van der Waals surface area contributed by atoms with E-state index >= 15 is 0 Å². The minimum absolute atomic E-state index is 0.119. The number of hydrogen-bond acceptors (Lipinski definition) is 3. The fourth-order valence-electron chi connectivity index (χ4n) is 2.08. The van der Waals surface area contributed by atoms with Gasteiger partial charge >= 0.3 is 0 Å². The number of rotatable bonds is 3. The maximum absolute atomic E-state index is 11.9. The second-order valence-corrected chi connectivity index (χ2v) is 4.89. The number of nitrogens with zero attached hydrogens (tertiary/aromatic N) is 2. The molecule has 2 heterocycles. The molecular weight excluding hydrogens is 238 g/mol. The summed E-state index contributed by atoms with van der Waals surface area (Å²) < 4.78 is 0. The molecule has 92 valence electrons. The van der Waals surface area contributed by atoms with E-state index in [0.717, 1.165) is 19.5 Å². The molecular formula is C12H16ClN3O. The fraction of sp³-hybridized carbons (Fsp3) is 0.500. The van der Waals surface area contributed by atoms with E-state index in [2.05, 4.69) is 22.2 Å². The van der Waals surface area contributed by atoms with E-state index in [9.17, 15) is 4.79 Å². The van der Waals surface area contributed by atoms with Crippen LogP contribution in [0.1, 0.15) is 16.8 Å². The van der Waals surface area contributed by atoms with Gasteiger partial charge in [-0.2, -0.15) is 0 Å². The number of likely N-dealkylation sites (tertiary alicyclic amines) is 1. The summed E-state index contributed by atoms with van der Waals surface area (Å²) in [5.74, 6) is 0.427. The van der Waals surface area contributed by atoms with E-state index in [0.29, 0.717) is 23.0 Å². The van der Waals surface area contributed by atoms with Crippen molar-refractivity contribution in [2.45, 2.75) is 6.42 Å². The Morgan fingerprint density at radius 2 is 2.53 bits per heavy atom. The van der Waals surface area contributed by atoms with E-state index in [1.54, 1.807) is 12.3 Å². The van der Waals surface area contributed by atoms with Crippen LogP contribution in [0.25, 0.3) is 0 Å². The highest BCUT2D eigenvalue weighted by molar-refractivity contribution is 6.33. The minimum atomic E-state index is -0.119. The molecule has 1 aliphatic heterocycles. The second-order valence-electron chi connectivity index (χ2n) is 4.48. The largest absolute Gasteiger partial charge is 0.352 e. The second kappa shape index (κ2) is 5.47.